The molecule has 0 spiro atoms. The number of hydrogen-bond acceptors (Lipinski definition) is 5. The molecule has 0 aromatic heterocycles. The van der Waals surface area contributed by atoms with E-state index in [-0.39, 0.29) is 11.3 Å². The van der Waals surface area contributed by atoms with Gasteiger partial charge in [-0.25, -0.2) is 4.79 Å². The van der Waals surface area contributed by atoms with E-state index in [4.69, 9.17) is 25.8 Å². The molecule has 0 aliphatic carbocycles. The van der Waals surface area contributed by atoms with Gasteiger partial charge in [0, 0.05) is 10.6 Å². The molecule has 5 nitrogen and oxygen atoms in total. The molecule has 24 heavy (non-hydrogen) atoms. The van der Waals surface area contributed by atoms with Gasteiger partial charge in [0.05, 0.1) is 14.2 Å². The lowest BCUT2D eigenvalue weighted by Crippen LogP contribution is -2.24. The monoisotopic (exact) mass is 348 g/mol. The van der Waals surface area contributed by atoms with Crippen LogP contribution in [0.25, 0.3) is 0 Å². The summed E-state index contributed by atoms with van der Waals surface area (Å²) in [4.78, 5) is 24.7. The predicted molar refractivity (Wildman–Crippen MR) is 90.2 cm³/mol. The van der Waals surface area contributed by atoms with Crippen LogP contribution < -0.4 is 9.47 Å². The maximum atomic E-state index is 12.4. The first-order valence-electron chi connectivity index (χ1n) is 7.19. The molecule has 0 aliphatic heterocycles. The minimum atomic E-state index is -0.949. The zero-order valence-corrected chi connectivity index (χ0v) is 14.3. The molecule has 0 fully saturated rings. The minimum Gasteiger partial charge on any atom is -0.497 e. The van der Waals surface area contributed by atoms with Gasteiger partial charge in [-0.2, -0.15) is 0 Å². The average Bonchev–Trinajstić information content (AvgIpc) is 2.60. The molecule has 2 rings (SSSR count). The van der Waals surface area contributed by atoms with Crippen molar-refractivity contribution in [3.05, 3.63) is 58.6 Å². The zero-order valence-electron chi connectivity index (χ0n) is 13.5. The van der Waals surface area contributed by atoms with Gasteiger partial charge in [0.25, 0.3) is 0 Å². The van der Waals surface area contributed by atoms with E-state index in [9.17, 15) is 9.59 Å². The van der Waals surface area contributed by atoms with E-state index in [0.717, 1.165) is 0 Å². The number of esters is 1. The second-order valence-corrected chi connectivity index (χ2v) is 5.42. The Morgan fingerprint density at radius 3 is 2.25 bits per heavy atom. The van der Waals surface area contributed by atoms with Gasteiger partial charge >= 0.3 is 5.97 Å². The predicted octanol–water partition coefficient (Wildman–Crippen LogP) is 3.79. The maximum absolute atomic E-state index is 12.4. The van der Waals surface area contributed by atoms with E-state index >= 15 is 0 Å². The molecule has 0 bridgehead atoms. The Morgan fingerprint density at radius 1 is 1.00 bits per heavy atom. The van der Waals surface area contributed by atoms with Gasteiger partial charge in [-0.1, -0.05) is 11.6 Å². The van der Waals surface area contributed by atoms with Crippen LogP contribution in [0.1, 0.15) is 27.6 Å². The van der Waals surface area contributed by atoms with Gasteiger partial charge < -0.3 is 14.2 Å². The van der Waals surface area contributed by atoms with Crippen LogP contribution in [0, 0.1) is 0 Å². The number of halogens is 1. The van der Waals surface area contributed by atoms with Crippen molar-refractivity contribution in [2.45, 2.75) is 13.0 Å². The topological polar surface area (TPSA) is 61.8 Å². The second kappa shape index (κ2) is 7.84. The lowest BCUT2D eigenvalue weighted by molar-refractivity contribution is 0.0315. The standard InChI is InChI=1S/C18H17ClO5/c1-11(17(20)12-4-6-13(19)7-5-12)24-18(21)15-10-14(22-2)8-9-16(15)23-3/h4-11H,1-3H3/t11-/m1/s1. The Labute approximate surface area is 145 Å². The summed E-state index contributed by atoms with van der Waals surface area (Å²) in [6, 6.07) is 11.1. The third kappa shape index (κ3) is 4.06. The minimum absolute atomic E-state index is 0.188. The van der Waals surface area contributed by atoms with E-state index in [1.54, 1.807) is 36.4 Å². The fourth-order valence-electron chi connectivity index (χ4n) is 2.10. The average molecular weight is 349 g/mol. The number of carbonyl (C=O) groups excluding carboxylic acids is 2. The molecular weight excluding hydrogens is 332 g/mol. The Bertz CT molecular complexity index is 740. The fourth-order valence-corrected chi connectivity index (χ4v) is 2.23. The lowest BCUT2D eigenvalue weighted by Gasteiger charge is -2.14. The molecule has 0 heterocycles. The van der Waals surface area contributed by atoms with Crippen molar-refractivity contribution in [1.82, 2.24) is 0 Å². The van der Waals surface area contributed by atoms with Crippen molar-refractivity contribution in [3.8, 4) is 11.5 Å². The summed E-state index contributed by atoms with van der Waals surface area (Å²) in [6.07, 6.45) is -0.949. The number of Topliss-reactive ketones (excluding diaryl/α,β-unsaturated/α-hetero) is 1. The van der Waals surface area contributed by atoms with E-state index in [1.807, 2.05) is 0 Å². The zero-order chi connectivity index (χ0) is 17.7. The van der Waals surface area contributed by atoms with Crippen molar-refractivity contribution >= 4 is 23.4 Å². The van der Waals surface area contributed by atoms with Crippen LogP contribution in [0.5, 0.6) is 11.5 Å². The van der Waals surface area contributed by atoms with Gasteiger partial charge in [0.2, 0.25) is 5.78 Å². The normalized spacial score (nSPS) is 11.5. The number of hydrogen-bond donors (Lipinski definition) is 0. The summed E-state index contributed by atoms with van der Waals surface area (Å²) in [5.74, 6) is -0.159. The van der Waals surface area contributed by atoms with Crippen molar-refractivity contribution in [2.75, 3.05) is 14.2 Å². The van der Waals surface area contributed by atoms with E-state index < -0.39 is 12.1 Å². The smallest absolute Gasteiger partial charge is 0.342 e. The maximum Gasteiger partial charge on any atom is 0.342 e. The van der Waals surface area contributed by atoms with Gasteiger partial charge in [0.1, 0.15) is 17.1 Å². The van der Waals surface area contributed by atoms with Gasteiger partial charge in [-0.05, 0) is 49.4 Å². The SMILES string of the molecule is COc1ccc(OC)c(C(=O)O[C@H](C)C(=O)c2ccc(Cl)cc2)c1. The molecule has 0 unspecified atom stereocenters. The first-order chi connectivity index (χ1) is 11.5. The highest BCUT2D eigenvalue weighted by Gasteiger charge is 2.23. The molecule has 0 amide bonds. The number of benzene rings is 2. The first kappa shape index (κ1) is 17.8. The highest BCUT2D eigenvalue weighted by Crippen LogP contribution is 2.25. The van der Waals surface area contributed by atoms with Crippen molar-refractivity contribution in [3.63, 3.8) is 0 Å². The van der Waals surface area contributed by atoms with E-state index in [0.29, 0.717) is 22.1 Å². The Kier molecular flexibility index (Phi) is 5.82. The highest BCUT2D eigenvalue weighted by molar-refractivity contribution is 6.30. The molecule has 6 heteroatoms. The highest BCUT2D eigenvalue weighted by atomic mass is 35.5. The molecule has 0 aliphatic rings. The van der Waals surface area contributed by atoms with Crippen LogP contribution in [0.2, 0.25) is 5.02 Å². The van der Waals surface area contributed by atoms with Crippen LogP contribution in [-0.4, -0.2) is 32.1 Å². The number of ketones is 1. The van der Waals surface area contributed by atoms with E-state index in [1.165, 1.54) is 27.2 Å². The quantitative estimate of drug-likeness (QED) is 0.587. The molecule has 1 atom stereocenters. The number of methoxy groups -OCH3 is 2. The summed E-state index contributed by atoms with van der Waals surface area (Å²) >= 11 is 5.80. The van der Waals surface area contributed by atoms with Crippen LogP contribution >= 0.6 is 11.6 Å². The van der Waals surface area contributed by atoms with Crippen LogP contribution in [0.15, 0.2) is 42.5 Å². The molecular formula is C18H17ClO5. The van der Waals surface area contributed by atoms with Crippen LogP contribution in [0.3, 0.4) is 0 Å². The molecule has 0 saturated heterocycles. The van der Waals surface area contributed by atoms with Crippen LogP contribution in [-0.2, 0) is 4.74 Å². The molecule has 126 valence electrons. The number of ether oxygens (including phenoxy) is 3. The second-order valence-electron chi connectivity index (χ2n) is 4.98. The van der Waals surface area contributed by atoms with E-state index in [2.05, 4.69) is 0 Å². The van der Waals surface area contributed by atoms with Crippen molar-refractivity contribution < 1.29 is 23.8 Å². The number of carbonyl (C=O) groups is 2. The van der Waals surface area contributed by atoms with Gasteiger partial charge in [-0.3, -0.25) is 4.79 Å². The Hall–Kier alpha value is -2.53. The molecule has 2 aromatic carbocycles. The lowest BCUT2D eigenvalue weighted by atomic mass is 10.1. The summed E-state index contributed by atoms with van der Waals surface area (Å²) in [5.41, 5.74) is 0.602. The Morgan fingerprint density at radius 2 is 1.67 bits per heavy atom. The van der Waals surface area contributed by atoms with Crippen LogP contribution in [0.4, 0.5) is 0 Å². The summed E-state index contributed by atoms with van der Waals surface area (Å²) in [6.45, 7) is 1.52. The number of rotatable bonds is 6. The molecule has 0 N–H and O–H groups in total. The molecule has 0 saturated carbocycles. The summed E-state index contributed by atoms with van der Waals surface area (Å²) < 4.78 is 15.5. The third-order valence-corrected chi connectivity index (χ3v) is 3.66. The summed E-state index contributed by atoms with van der Waals surface area (Å²) in [5, 5.41) is 0.525. The largest absolute Gasteiger partial charge is 0.497 e. The van der Waals surface area contributed by atoms with Crippen molar-refractivity contribution in [2.24, 2.45) is 0 Å². The van der Waals surface area contributed by atoms with Crippen molar-refractivity contribution in [1.29, 1.82) is 0 Å². The third-order valence-electron chi connectivity index (χ3n) is 3.41. The summed E-state index contributed by atoms with van der Waals surface area (Å²) in [7, 11) is 2.94. The first-order valence-corrected chi connectivity index (χ1v) is 7.57. The fraction of sp³-hybridized carbons (Fsp3) is 0.222. The van der Waals surface area contributed by atoms with Gasteiger partial charge in [0.15, 0.2) is 6.10 Å². The molecule has 2 aromatic rings. The van der Waals surface area contributed by atoms with Gasteiger partial charge in [-0.15, -0.1) is 0 Å². The molecule has 0 radical (unpaired) electrons. The Balaban J connectivity index is 2.16.